The van der Waals surface area contributed by atoms with Crippen LogP contribution in [0.2, 0.25) is 0 Å². The number of nitrogens with zero attached hydrogens (tertiary/aromatic N) is 1. The molecule has 0 saturated carbocycles. The summed E-state index contributed by atoms with van der Waals surface area (Å²) in [5.74, 6) is 0. The first-order valence-electron chi connectivity index (χ1n) is 5.37. The molecular formula is C10H14N2O5S. The van der Waals surface area contributed by atoms with Gasteiger partial charge in [0.25, 0.3) is 5.56 Å². The van der Waals surface area contributed by atoms with Crippen molar-refractivity contribution >= 4 is 12.2 Å². The molecule has 4 atom stereocenters. The Morgan fingerprint density at radius 2 is 2.39 bits per heavy atom. The van der Waals surface area contributed by atoms with Gasteiger partial charge in [-0.3, -0.25) is 14.3 Å². The maximum Gasteiger partial charge on any atom is 0.251 e. The summed E-state index contributed by atoms with van der Waals surface area (Å²) < 4.78 is 12.3. The number of aromatic nitrogens is 2. The zero-order chi connectivity index (χ0) is 13.3. The number of aliphatic hydroxyl groups excluding tert-OH is 2. The van der Waals surface area contributed by atoms with Gasteiger partial charge in [0.2, 0.25) is 0 Å². The topological polar surface area (TPSA) is 96.7 Å². The molecule has 100 valence electrons. The highest BCUT2D eigenvalue weighted by Gasteiger charge is 2.44. The minimum atomic E-state index is -0.959. The molecule has 2 heterocycles. The van der Waals surface area contributed by atoms with Gasteiger partial charge in [0, 0.05) is 19.4 Å². The zero-order valence-electron chi connectivity index (χ0n) is 9.65. The molecule has 18 heavy (non-hydrogen) atoms. The highest BCUT2D eigenvalue weighted by molar-refractivity contribution is 7.71. The molecule has 0 radical (unpaired) electrons. The molecule has 1 unspecified atom stereocenters. The fraction of sp³-hybridized carbons (Fsp3) is 0.600. The van der Waals surface area contributed by atoms with Crippen molar-refractivity contribution in [3.05, 3.63) is 27.4 Å². The number of H-pyrrole nitrogens is 1. The second-order valence-electron chi connectivity index (χ2n) is 3.96. The van der Waals surface area contributed by atoms with E-state index in [9.17, 15) is 9.90 Å². The van der Waals surface area contributed by atoms with Crippen molar-refractivity contribution in [2.24, 2.45) is 0 Å². The molecule has 0 amide bonds. The van der Waals surface area contributed by atoms with Gasteiger partial charge in [-0.25, -0.2) is 0 Å². The first-order valence-corrected chi connectivity index (χ1v) is 5.78. The number of aromatic amines is 1. The monoisotopic (exact) mass is 274 g/mol. The first kappa shape index (κ1) is 13.4. The van der Waals surface area contributed by atoms with Crippen LogP contribution in [-0.2, 0) is 9.47 Å². The van der Waals surface area contributed by atoms with E-state index in [4.69, 9.17) is 26.8 Å². The minimum Gasteiger partial charge on any atom is -0.394 e. The molecule has 1 fully saturated rings. The van der Waals surface area contributed by atoms with Gasteiger partial charge in [-0.05, 0) is 12.2 Å². The van der Waals surface area contributed by atoms with Crippen LogP contribution in [-0.4, -0.2) is 51.8 Å². The molecule has 1 aromatic rings. The molecule has 2 rings (SSSR count). The number of ether oxygens (including phenoxy) is 2. The Labute approximate surface area is 108 Å². The van der Waals surface area contributed by atoms with Gasteiger partial charge >= 0.3 is 0 Å². The predicted molar refractivity (Wildman–Crippen MR) is 63.7 cm³/mol. The van der Waals surface area contributed by atoms with Gasteiger partial charge in [0.05, 0.1) is 6.61 Å². The summed E-state index contributed by atoms with van der Waals surface area (Å²) in [5, 5.41) is 19.0. The number of rotatable bonds is 3. The van der Waals surface area contributed by atoms with Crippen LogP contribution in [0.4, 0.5) is 0 Å². The molecule has 0 aliphatic carbocycles. The smallest absolute Gasteiger partial charge is 0.251 e. The summed E-state index contributed by atoms with van der Waals surface area (Å²) >= 11 is 5.02. The van der Waals surface area contributed by atoms with Crippen molar-refractivity contribution in [3.63, 3.8) is 0 Å². The Kier molecular flexibility index (Phi) is 3.93. The van der Waals surface area contributed by atoms with E-state index in [2.05, 4.69) is 4.98 Å². The molecule has 0 spiro atoms. The number of aliphatic hydroxyl groups is 2. The molecule has 0 aromatic carbocycles. The van der Waals surface area contributed by atoms with Crippen LogP contribution < -0.4 is 5.56 Å². The SMILES string of the molecule is COC1[C@@H](O)[C@@H](CO)O[C@H]1n1ccc(=O)[nH]c1=S. The minimum absolute atomic E-state index is 0.167. The van der Waals surface area contributed by atoms with Gasteiger partial charge in [0.15, 0.2) is 11.0 Å². The second-order valence-corrected chi connectivity index (χ2v) is 4.34. The van der Waals surface area contributed by atoms with Crippen LogP contribution >= 0.6 is 12.2 Å². The summed E-state index contributed by atoms with van der Waals surface area (Å²) in [5.41, 5.74) is -0.317. The van der Waals surface area contributed by atoms with E-state index >= 15 is 0 Å². The van der Waals surface area contributed by atoms with Crippen molar-refractivity contribution in [3.8, 4) is 0 Å². The van der Waals surface area contributed by atoms with E-state index in [1.165, 1.54) is 23.9 Å². The molecule has 7 nitrogen and oxygen atoms in total. The van der Waals surface area contributed by atoms with E-state index in [1.807, 2.05) is 0 Å². The molecule has 3 N–H and O–H groups in total. The fourth-order valence-electron chi connectivity index (χ4n) is 1.98. The average molecular weight is 274 g/mol. The number of hydrogen-bond donors (Lipinski definition) is 3. The highest BCUT2D eigenvalue weighted by atomic mass is 32.1. The largest absolute Gasteiger partial charge is 0.394 e. The molecule has 1 aliphatic heterocycles. The summed E-state index contributed by atoms with van der Waals surface area (Å²) in [6.07, 6.45) is -1.59. The van der Waals surface area contributed by atoms with Crippen molar-refractivity contribution < 1.29 is 19.7 Å². The maximum atomic E-state index is 11.1. The van der Waals surface area contributed by atoms with E-state index in [0.29, 0.717) is 0 Å². The maximum absolute atomic E-state index is 11.1. The number of hydrogen-bond acceptors (Lipinski definition) is 6. The van der Waals surface area contributed by atoms with Crippen molar-refractivity contribution in [2.45, 2.75) is 24.5 Å². The normalized spacial score (nSPS) is 31.7. The van der Waals surface area contributed by atoms with Crippen LogP contribution in [0, 0.1) is 4.77 Å². The van der Waals surface area contributed by atoms with Crippen molar-refractivity contribution in [1.29, 1.82) is 0 Å². The molecular weight excluding hydrogens is 260 g/mol. The van der Waals surface area contributed by atoms with Crippen LogP contribution in [0.3, 0.4) is 0 Å². The highest BCUT2D eigenvalue weighted by Crippen LogP contribution is 2.30. The number of methoxy groups -OCH3 is 1. The van der Waals surface area contributed by atoms with Gasteiger partial charge in [0.1, 0.15) is 18.3 Å². The first-order chi connectivity index (χ1) is 8.58. The fourth-order valence-corrected chi connectivity index (χ4v) is 2.24. The third-order valence-electron chi connectivity index (χ3n) is 2.89. The Balaban J connectivity index is 2.38. The van der Waals surface area contributed by atoms with Gasteiger partial charge in [-0.15, -0.1) is 0 Å². The van der Waals surface area contributed by atoms with Gasteiger partial charge < -0.3 is 19.7 Å². The van der Waals surface area contributed by atoms with Crippen molar-refractivity contribution in [1.82, 2.24) is 9.55 Å². The Morgan fingerprint density at radius 1 is 1.67 bits per heavy atom. The van der Waals surface area contributed by atoms with Crippen molar-refractivity contribution in [2.75, 3.05) is 13.7 Å². The quantitative estimate of drug-likeness (QED) is 0.623. The lowest BCUT2D eigenvalue weighted by Crippen LogP contribution is -2.35. The third-order valence-corrected chi connectivity index (χ3v) is 3.20. The molecule has 1 aromatic heterocycles. The van der Waals surface area contributed by atoms with Crippen LogP contribution in [0.1, 0.15) is 6.23 Å². The summed E-state index contributed by atoms with van der Waals surface area (Å²) in [6.45, 7) is -0.325. The third kappa shape index (κ3) is 2.25. The second kappa shape index (κ2) is 5.29. The van der Waals surface area contributed by atoms with Crippen LogP contribution in [0.5, 0.6) is 0 Å². The Morgan fingerprint density at radius 3 is 2.94 bits per heavy atom. The predicted octanol–water partition coefficient (Wildman–Crippen LogP) is -0.829. The van der Waals surface area contributed by atoms with Crippen LogP contribution in [0.15, 0.2) is 17.1 Å². The van der Waals surface area contributed by atoms with E-state index in [1.54, 1.807) is 0 Å². The van der Waals surface area contributed by atoms with Gasteiger partial charge in [-0.2, -0.15) is 0 Å². The van der Waals surface area contributed by atoms with Crippen LogP contribution in [0.25, 0.3) is 0 Å². The molecule has 0 bridgehead atoms. The van der Waals surface area contributed by atoms with E-state index < -0.39 is 24.5 Å². The molecule has 8 heteroatoms. The summed E-state index contributed by atoms with van der Waals surface area (Å²) in [4.78, 5) is 13.5. The Bertz CT molecular complexity index is 527. The lowest BCUT2D eigenvalue weighted by atomic mass is 10.1. The van der Waals surface area contributed by atoms with E-state index in [0.717, 1.165) is 0 Å². The molecule has 1 saturated heterocycles. The summed E-state index contributed by atoms with van der Waals surface area (Å²) in [7, 11) is 1.43. The lowest BCUT2D eigenvalue weighted by Gasteiger charge is -2.20. The average Bonchev–Trinajstić information content (AvgIpc) is 2.65. The Hall–Kier alpha value is -1.06. The summed E-state index contributed by atoms with van der Waals surface area (Å²) in [6, 6.07) is 1.30. The standard InChI is InChI=1S/C10H14N2O5S/c1-16-8-7(15)5(4-13)17-9(8)12-3-2-6(14)11-10(12)18/h2-3,5,7-9,13,15H,4H2,1H3,(H,11,14,18)/t5-,7+,8?,9-/m1/s1. The zero-order valence-corrected chi connectivity index (χ0v) is 10.5. The lowest BCUT2D eigenvalue weighted by molar-refractivity contribution is -0.0616. The number of nitrogens with one attached hydrogen (secondary N) is 1. The van der Waals surface area contributed by atoms with Gasteiger partial charge in [-0.1, -0.05) is 0 Å². The molecule has 1 aliphatic rings. The van der Waals surface area contributed by atoms with E-state index in [-0.39, 0.29) is 16.9 Å².